The molecular formula is C12H17N3O3. The topological polar surface area (TPSA) is 77.3 Å². The first-order valence-corrected chi connectivity index (χ1v) is 6.14. The van der Waals surface area contributed by atoms with Crippen LogP contribution in [0.4, 0.5) is 5.69 Å². The molecule has 0 spiro atoms. The minimum absolute atomic E-state index is 0.00940. The normalized spacial score (nSPS) is 23.6. The van der Waals surface area contributed by atoms with E-state index in [2.05, 4.69) is 10.3 Å². The van der Waals surface area contributed by atoms with Crippen LogP contribution in [0.5, 0.6) is 5.75 Å². The number of nitrogens with zero attached hydrogens (tertiary/aromatic N) is 2. The molecule has 6 nitrogen and oxygen atoms in total. The number of pyridine rings is 1. The van der Waals surface area contributed by atoms with Crippen LogP contribution in [-0.2, 0) is 0 Å². The van der Waals surface area contributed by atoms with Gasteiger partial charge in [-0.05, 0) is 26.3 Å². The van der Waals surface area contributed by atoms with Crippen molar-refractivity contribution >= 4 is 5.69 Å². The Kier molecular flexibility index (Phi) is 4.09. The Balaban J connectivity index is 2.15. The fraction of sp³-hybridized carbons (Fsp3) is 0.583. The third-order valence-corrected chi connectivity index (χ3v) is 3.31. The maximum absolute atomic E-state index is 10.9. The summed E-state index contributed by atoms with van der Waals surface area (Å²) in [6.07, 6.45) is 6.97. The molecule has 0 aromatic carbocycles. The number of likely N-dealkylation sites (N-methyl/N-ethyl adjacent to an activating group) is 1. The van der Waals surface area contributed by atoms with Crippen molar-refractivity contribution in [2.75, 3.05) is 7.05 Å². The molecule has 0 aliphatic heterocycles. The van der Waals surface area contributed by atoms with Gasteiger partial charge in [0, 0.05) is 18.3 Å². The van der Waals surface area contributed by atoms with E-state index in [-0.39, 0.29) is 17.8 Å². The van der Waals surface area contributed by atoms with Crippen LogP contribution in [-0.4, -0.2) is 29.1 Å². The van der Waals surface area contributed by atoms with Crippen molar-refractivity contribution in [3.8, 4) is 5.75 Å². The number of nitrogens with one attached hydrogen (secondary N) is 1. The molecule has 18 heavy (non-hydrogen) atoms. The van der Waals surface area contributed by atoms with E-state index in [0.29, 0.717) is 5.75 Å². The van der Waals surface area contributed by atoms with Gasteiger partial charge in [0.25, 0.3) is 0 Å². The second-order valence-corrected chi connectivity index (χ2v) is 4.44. The predicted octanol–water partition coefficient (Wildman–Crippen LogP) is 1.90. The van der Waals surface area contributed by atoms with Crippen LogP contribution in [0.2, 0.25) is 0 Å². The molecule has 1 aromatic heterocycles. The second-order valence-electron chi connectivity index (χ2n) is 4.44. The molecule has 2 rings (SSSR count). The van der Waals surface area contributed by atoms with Gasteiger partial charge >= 0.3 is 5.69 Å². The molecule has 0 bridgehead atoms. The highest BCUT2D eigenvalue weighted by atomic mass is 16.6. The van der Waals surface area contributed by atoms with Gasteiger partial charge in [0.2, 0.25) is 5.75 Å². The standard InChI is InChI=1S/C12H17N3O3/c1-13-9-4-2-3-5-11(9)18-12-6-7-14-8-10(12)15(16)17/h6-9,11,13H,2-5H2,1H3. The highest BCUT2D eigenvalue weighted by molar-refractivity contribution is 5.43. The zero-order valence-electron chi connectivity index (χ0n) is 10.3. The van der Waals surface area contributed by atoms with Gasteiger partial charge in [-0.15, -0.1) is 0 Å². The first kappa shape index (κ1) is 12.8. The predicted molar refractivity (Wildman–Crippen MR) is 66.6 cm³/mol. The molecular weight excluding hydrogens is 234 g/mol. The Hall–Kier alpha value is -1.69. The van der Waals surface area contributed by atoms with Crippen molar-refractivity contribution in [1.82, 2.24) is 10.3 Å². The van der Waals surface area contributed by atoms with E-state index >= 15 is 0 Å². The fourth-order valence-electron chi connectivity index (χ4n) is 2.34. The summed E-state index contributed by atoms with van der Waals surface area (Å²) in [5.41, 5.74) is -0.0714. The van der Waals surface area contributed by atoms with E-state index in [4.69, 9.17) is 4.74 Å². The Bertz CT molecular complexity index is 425. The number of aromatic nitrogens is 1. The Morgan fingerprint density at radius 3 is 3.00 bits per heavy atom. The highest BCUT2D eigenvalue weighted by Crippen LogP contribution is 2.29. The molecule has 1 aliphatic rings. The van der Waals surface area contributed by atoms with Crippen LogP contribution in [0.1, 0.15) is 25.7 Å². The minimum Gasteiger partial charge on any atom is -0.482 e. The lowest BCUT2D eigenvalue weighted by Gasteiger charge is -2.31. The van der Waals surface area contributed by atoms with E-state index < -0.39 is 4.92 Å². The number of rotatable bonds is 4. The van der Waals surface area contributed by atoms with Gasteiger partial charge in [0.05, 0.1) is 4.92 Å². The maximum atomic E-state index is 10.9. The zero-order chi connectivity index (χ0) is 13.0. The lowest BCUT2D eigenvalue weighted by molar-refractivity contribution is -0.386. The molecule has 6 heteroatoms. The van der Waals surface area contributed by atoms with E-state index in [9.17, 15) is 10.1 Å². The zero-order valence-corrected chi connectivity index (χ0v) is 10.3. The summed E-state index contributed by atoms with van der Waals surface area (Å²) in [7, 11) is 1.90. The van der Waals surface area contributed by atoms with E-state index in [1.54, 1.807) is 6.07 Å². The van der Waals surface area contributed by atoms with Crippen molar-refractivity contribution < 1.29 is 9.66 Å². The largest absolute Gasteiger partial charge is 0.482 e. The molecule has 0 radical (unpaired) electrons. The van der Waals surface area contributed by atoms with Crippen molar-refractivity contribution in [2.45, 2.75) is 37.8 Å². The molecule has 0 amide bonds. The molecule has 2 unspecified atom stereocenters. The molecule has 1 fully saturated rings. The van der Waals surface area contributed by atoms with E-state index in [0.717, 1.165) is 19.3 Å². The van der Waals surface area contributed by atoms with Crippen LogP contribution in [0.25, 0.3) is 0 Å². The van der Waals surface area contributed by atoms with Gasteiger partial charge in [-0.2, -0.15) is 0 Å². The third-order valence-electron chi connectivity index (χ3n) is 3.31. The summed E-state index contributed by atoms with van der Waals surface area (Å²) in [4.78, 5) is 14.2. The molecule has 0 saturated heterocycles. The Morgan fingerprint density at radius 2 is 2.28 bits per heavy atom. The lowest BCUT2D eigenvalue weighted by atomic mass is 9.92. The average molecular weight is 251 g/mol. The van der Waals surface area contributed by atoms with Crippen LogP contribution in [0.3, 0.4) is 0 Å². The Morgan fingerprint density at radius 1 is 1.50 bits per heavy atom. The van der Waals surface area contributed by atoms with Crippen molar-refractivity contribution in [2.24, 2.45) is 0 Å². The summed E-state index contributed by atoms with van der Waals surface area (Å²) in [6.45, 7) is 0. The van der Waals surface area contributed by atoms with Gasteiger partial charge in [0.15, 0.2) is 0 Å². The van der Waals surface area contributed by atoms with Gasteiger partial charge in [-0.3, -0.25) is 15.1 Å². The van der Waals surface area contributed by atoms with Crippen LogP contribution in [0.15, 0.2) is 18.5 Å². The average Bonchev–Trinajstić information content (AvgIpc) is 2.40. The van der Waals surface area contributed by atoms with E-state index in [1.165, 1.54) is 18.8 Å². The summed E-state index contributed by atoms with van der Waals surface area (Å²) >= 11 is 0. The Labute approximate surface area is 106 Å². The summed E-state index contributed by atoms with van der Waals surface area (Å²) in [5.74, 6) is 0.308. The van der Waals surface area contributed by atoms with Crippen molar-refractivity contribution in [1.29, 1.82) is 0 Å². The molecule has 98 valence electrons. The monoisotopic (exact) mass is 251 g/mol. The quantitative estimate of drug-likeness (QED) is 0.653. The fourth-order valence-corrected chi connectivity index (χ4v) is 2.34. The van der Waals surface area contributed by atoms with Crippen LogP contribution in [0, 0.1) is 10.1 Å². The molecule has 1 aliphatic carbocycles. The smallest absolute Gasteiger partial charge is 0.329 e. The first-order valence-electron chi connectivity index (χ1n) is 6.14. The minimum atomic E-state index is -0.459. The first-order chi connectivity index (χ1) is 8.72. The summed E-state index contributed by atoms with van der Waals surface area (Å²) in [6, 6.07) is 1.81. The molecule has 1 aromatic rings. The van der Waals surface area contributed by atoms with Gasteiger partial charge in [-0.25, -0.2) is 0 Å². The summed E-state index contributed by atoms with van der Waals surface area (Å²) in [5, 5.41) is 14.1. The van der Waals surface area contributed by atoms with Crippen molar-refractivity contribution in [3.63, 3.8) is 0 Å². The molecule has 1 saturated carbocycles. The van der Waals surface area contributed by atoms with Gasteiger partial charge in [-0.1, -0.05) is 6.42 Å². The number of hydrogen-bond acceptors (Lipinski definition) is 5. The summed E-state index contributed by atoms with van der Waals surface area (Å²) < 4.78 is 5.81. The molecule has 1 heterocycles. The van der Waals surface area contributed by atoms with Gasteiger partial charge in [0.1, 0.15) is 12.3 Å². The highest BCUT2D eigenvalue weighted by Gasteiger charge is 2.27. The van der Waals surface area contributed by atoms with E-state index in [1.807, 2.05) is 7.05 Å². The van der Waals surface area contributed by atoms with Gasteiger partial charge < -0.3 is 10.1 Å². The number of nitro groups is 1. The molecule has 2 atom stereocenters. The SMILES string of the molecule is CNC1CCCCC1Oc1ccncc1[N+](=O)[O-]. The maximum Gasteiger partial charge on any atom is 0.329 e. The third kappa shape index (κ3) is 2.76. The van der Waals surface area contributed by atoms with Crippen LogP contribution >= 0.6 is 0 Å². The molecule has 1 N–H and O–H groups in total. The second kappa shape index (κ2) is 5.77. The number of ether oxygens (including phenoxy) is 1. The van der Waals surface area contributed by atoms with Crippen LogP contribution < -0.4 is 10.1 Å². The van der Waals surface area contributed by atoms with Crippen molar-refractivity contribution in [3.05, 3.63) is 28.6 Å². The number of hydrogen-bond donors (Lipinski definition) is 1. The lowest BCUT2D eigenvalue weighted by Crippen LogP contribution is -2.43.